The fourth-order valence-corrected chi connectivity index (χ4v) is 3.86. The van der Waals surface area contributed by atoms with Gasteiger partial charge in [0.05, 0.1) is 6.61 Å². The minimum atomic E-state index is -3.43. The van der Waals surface area contributed by atoms with Crippen LogP contribution in [-0.4, -0.2) is 68.2 Å². The monoisotopic (exact) mass is 283 g/mol. The summed E-state index contributed by atoms with van der Waals surface area (Å²) in [5.74, 6) is 0. The maximum Gasteiger partial charge on any atom is 0.279 e. The summed E-state index contributed by atoms with van der Waals surface area (Å²) in [4.78, 5) is 0. The van der Waals surface area contributed by atoms with Crippen LogP contribution in [0.3, 0.4) is 0 Å². The molecule has 0 saturated carbocycles. The van der Waals surface area contributed by atoms with Crippen molar-refractivity contribution in [2.75, 3.05) is 39.0 Å². The highest BCUT2D eigenvalue weighted by molar-refractivity contribution is 7.99. The Morgan fingerprint density at radius 1 is 1.47 bits per heavy atom. The molecule has 1 aliphatic rings. The SMILES string of the molecule is CSC(CO)C(C)NS(=O)(=O)N1CCNCC1. The van der Waals surface area contributed by atoms with E-state index in [1.807, 2.05) is 6.26 Å². The van der Waals surface area contributed by atoms with Gasteiger partial charge in [-0.05, 0) is 13.2 Å². The van der Waals surface area contributed by atoms with Crippen LogP contribution < -0.4 is 10.0 Å². The summed E-state index contributed by atoms with van der Waals surface area (Å²) in [5, 5.41) is 12.1. The third-order valence-corrected chi connectivity index (χ3v) is 5.67. The van der Waals surface area contributed by atoms with Gasteiger partial charge in [-0.3, -0.25) is 0 Å². The molecular weight excluding hydrogens is 262 g/mol. The molecule has 2 atom stereocenters. The number of hydrogen-bond donors (Lipinski definition) is 3. The average molecular weight is 283 g/mol. The van der Waals surface area contributed by atoms with Gasteiger partial charge in [0, 0.05) is 37.5 Å². The molecule has 0 aromatic rings. The van der Waals surface area contributed by atoms with E-state index >= 15 is 0 Å². The van der Waals surface area contributed by atoms with Crippen LogP contribution in [0.25, 0.3) is 0 Å². The number of rotatable bonds is 6. The topological polar surface area (TPSA) is 81.7 Å². The van der Waals surface area contributed by atoms with Crippen molar-refractivity contribution < 1.29 is 13.5 Å². The molecule has 8 heteroatoms. The number of thioether (sulfide) groups is 1. The molecule has 1 fully saturated rings. The predicted molar refractivity (Wildman–Crippen MR) is 70.3 cm³/mol. The molecule has 0 aliphatic carbocycles. The average Bonchev–Trinajstić information content (AvgIpc) is 2.31. The summed E-state index contributed by atoms with van der Waals surface area (Å²) in [6.07, 6.45) is 1.86. The van der Waals surface area contributed by atoms with Gasteiger partial charge in [0.15, 0.2) is 0 Å². The molecule has 0 radical (unpaired) electrons. The molecule has 0 aromatic heterocycles. The zero-order chi connectivity index (χ0) is 12.9. The molecule has 0 bridgehead atoms. The summed E-state index contributed by atoms with van der Waals surface area (Å²) in [6, 6.07) is -0.283. The fraction of sp³-hybridized carbons (Fsp3) is 1.00. The van der Waals surface area contributed by atoms with Crippen molar-refractivity contribution in [1.29, 1.82) is 0 Å². The lowest BCUT2D eigenvalue weighted by atomic mass is 10.3. The van der Waals surface area contributed by atoms with Crippen LogP contribution in [0.5, 0.6) is 0 Å². The molecule has 2 unspecified atom stereocenters. The molecule has 1 aliphatic heterocycles. The minimum Gasteiger partial charge on any atom is -0.395 e. The third kappa shape index (κ3) is 4.38. The first-order valence-corrected chi connectivity index (χ1v) is 8.36. The minimum absolute atomic E-state index is 0.0353. The maximum absolute atomic E-state index is 12.0. The third-order valence-electron chi connectivity index (χ3n) is 2.79. The van der Waals surface area contributed by atoms with Crippen molar-refractivity contribution in [2.45, 2.75) is 18.2 Å². The Bertz CT molecular complexity index is 313. The standard InChI is InChI=1S/C9H21N3O3S2/c1-8(9(7-13)16-2)11-17(14,15)12-5-3-10-4-6-12/h8-11,13H,3-7H2,1-2H3. The Morgan fingerprint density at radius 3 is 2.53 bits per heavy atom. The van der Waals surface area contributed by atoms with E-state index in [0.717, 1.165) is 0 Å². The molecule has 0 amide bonds. The second-order valence-electron chi connectivity index (χ2n) is 4.02. The second-order valence-corrected chi connectivity index (χ2v) is 6.80. The summed E-state index contributed by atoms with van der Waals surface area (Å²) >= 11 is 1.46. The first kappa shape index (κ1) is 15.2. The molecule has 1 saturated heterocycles. The quantitative estimate of drug-likeness (QED) is 0.573. The van der Waals surface area contributed by atoms with Gasteiger partial charge in [0.1, 0.15) is 0 Å². The van der Waals surface area contributed by atoms with E-state index < -0.39 is 10.2 Å². The van der Waals surface area contributed by atoms with Crippen molar-refractivity contribution in [3.63, 3.8) is 0 Å². The zero-order valence-corrected chi connectivity index (χ0v) is 11.9. The zero-order valence-electron chi connectivity index (χ0n) is 10.2. The Kier molecular flexibility index (Phi) is 6.18. The largest absolute Gasteiger partial charge is 0.395 e. The summed E-state index contributed by atoms with van der Waals surface area (Å²) in [6.45, 7) is 4.09. The molecule has 0 spiro atoms. The van der Waals surface area contributed by atoms with Crippen molar-refractivity contribution in [2.24, 2.45) is 0 Å². The lowest BCUT2D eigenvalue weighted by Crippen LogP contribution is -2.53. The van der Waals surface area contributed by atoms with E-state index in [2.05, 4.69) is 10.0 Å². The van der Waals surface area contributed by atoms with Crippen LogP contribution in [0.1, 0.15) is 6.92 Å². The summed E-state index contributed by atoms with van der Waals surface area (Å²) in [7, 11) is -3.43. The number of aliphatic hydroxyl groups is 1. The molecule has 102 valence electrons. The van der Waals surface area contributed by atoms with Gasteiger partial charge < -0.3 is 10.4 Å². The number of aliphatic hydroxyl groups excluding tert-OH is 1. The van der Waals surface area contributed by atoms with Gasteiger partial charge in [0.25, 0.3) is 10.2 Å². The maximum atomic E-state index is 12.0. The van der Waals surface area contributed by atoms with Crippen LogP contribution in [0.2, 0.25) is 0 Å². The van der Waals surface area contributed by atoms with Crippen molar-refractivity contribution in [3.05, 3.63) is 0 Å². The number of piperazine rings is 1. The van der Waals surface area contributed by atoms with Crippen LogP contribution in [0.4, 0.5) is 0 Å². The predicted octanol–water partition coefficient (Wildman–Crippen LogP) is -1.16. The van der Waals surface area contributed by atoms with Gasteiger partial charge in [-0.1, -0.05) is 0 Å². The second kappa shape index (κ2) is 6.91. The summed E-state index contributed by atoms with van der Waals surface area (Å²) in [5.41, 5.74) is 0. The number of nitrogens with one attached hydrogen (secondary N) is 2. The Hall–Kier alpha value is 0.140. The highest BCUT2D eigenvalue weighted by Crippen LogP contribution is 2.12. The molecule has 17 heavy (non-hydrogen) atoms. The molecular formula is C9H21N3O3S2. The normalized spacial score (nSPS) is 22.3. The van der Waals surface area contributed by atoms with E-state index in [9.17, 15) is 8.42 Å². The van der Waals surface area contributed by atoms with Gasteiger partial charge in [0.2, 0.25) is 0 Å². The molecule has 0 aromatic carbocycles. The van der Waals surface area contributed by atoms with Gasteiger partial charge >= 0.3 is 0 Å². The lowest BCUT2D eigenvalue weighted by Gasteiger charge is -2.29. The van der Waals surface area contributed by atoms with Gasteiger partial charge in [-0.25, -0.2) is 0 Å². The van der Waals surface area contributed by atoms with Crippen molar-refractivity contribution in [1.82, 2.24) is 14.3 Å². The van der Waals surface area contributed by atoms with Gasteiger partial charge in [-0.15, -0.1) is 0 Å². The van der Waals surface area contributed by atoms with E-state index in [-0.39, 0.29) is 17.9 Å². The van der Waals surface area contributed by atoms with E-state index in [1.165, 1.54) is 16.1 Å². The van der Waals surface area contributed by atoms with E-state index in [4.69, 9.17) is 5.11 Å². The smallest absolute Gasteiger partial charge is 0.279 e. The first-order valence-electron chi connectivity index (χ1n) is 5.63. The van der Waals surface area contributed by atoms with E-state index in [0.29, 0.717) is 26.2 Å². The van der Waals surface area contributed by atoms with Crippen molar-refractivity contribution in [3.8, 4) is 0 Å². The molecule has 1 heterocycles. The first-order chi connectivity index (χ1) is 8.01. The molecule has 6 nitrogen and oxygen atoms in total. The van der Waals surface area contributed by atoms with Gasteiger partial charge in [-0.2, -0.15) is 29.2 Å². The number of hydrogen-bond acceptors (Lipinski definition) is 5. The van der Waals surface area contributed by atoms with Crippen LogP contribution in [-0.2, 0) is 10.2 Å². The molecule has 3 N–H and O–H groups in total. The lowest BCUT2D eigenvalue weighted by molar-refractivity contribution is 0.280. The Labute approximate surface area is 107 Å². The summed E-state index contributed by atoms with van der Waals surface area (Å²) < 4.78 is 28.1. The number of nitrogens with zero attached hydrogens (tertiary/aromatic N) is 1. The van der Waals surface area contributed by atoms with Crippen LogP contribution in [0, 0.1) is 0 Å². The molecule has 1 rings (SSSR count). The van der Waals surface area contributed by atoms with Crippen LogP contribution >= 0.6 is 11.8 Å². The van der Waals surface area contributed by atoms with Crippen LogP contribution in [0.15, 0.2) is 0 Å². The van der Waals surface area contributed by atoms with Crippen molar-refractivity contribution >= 4 is 22.0 Å². The Balaban J connectivity index is 2.58. The highest BCUT2D eigenvalue weighted by atomic mass is 32.2. The fourth-order valence-electron chi connectivity index (χ4n) is 1.71. The Morgan fingerprint density at radius 2 is 2.06 bits per heavy atom. The highest BCUT2D eigenvalue weighted by Gasteiger charge is 2.27. The van der Waals surface area contributed by atoms with E-state index in [1.54, 1.807) is 6.92 Å².